The Balaban J connectivity index is 2.10. The summed E-state index contributed by atoms with van der Waals surface area (Å²) < 4.78 is 6.17. The second kappa shape index (κ2) is 11.6. The number of hydrogen-bond acceptors (Lipinski definition) is 7. The van der Waals surface area contributed by atoms with Crippen molar-refractivity contribution in [2.45, 2.75) is 11.6 Å². The molecule has 0 spiro atoms. The normalized spacial score (nSPS) is 12.0. The predicted octanol–water partition coefficient (Wildman–Crippen LogP) is 2.04. The van der Waals surface area contributed by atoms with Gasteiger partial charge in [-0.15, -0.1) is 0 Å². The average Bonchev–Trinajstić information content (AvgIpc) is 2.90. The van der Waals surface area contributed by atoms with Crippen molar-refractivity contribution in [2.24, 2.45) is 11.5 Å². The summed E-state index contributed by atoms with van der Waals surface area (Å²) in [7, 11) is 0. The zero-order valence-corrected chi connectivity index (χ0v) is 19.4. The minimum absolute atomic E-state index is 0.125. The van der Waals surface area contributed by atoms with Gasteiger partial charge in [0.1, 0.15) is 6.04 Å². The van der Waals surface area contributed by atoms with Gasteiger partial charge in [0, 0.05) is 28.0 Å². The highest BCUT2D eigenvalue weighted by atomic mass is 32.1. The first-order chi connectivity index (χ1) is 16.4. The number of benzene rings is 3. The lowest BCUT2D eigenvalue weighted by Gasteiger charge is -2.36. The van der Waals surface area contributed by atoms with Crippen LogP contribution in [0.3, 0.4) is 0 Å². The molecule has 3 aromatic rings. The first-order valence-corrected chi connectivity index (χ1v) is 11.4. The zero-order valence-electron chi connectivity index (χ0n) is 18.5. The summed E-state index contributed by atoms with van der Waals surface area (Å²) in [5.41, 5.74) is 12.4. The monoisotopic (exact) mass is 477 g/mol. The number of ether oxygens (including phenoxy) is 1. The summed E-state index contributed by atoms with van der Waals surface area (Å²) in [5, 5.41) is 2.47. The molecule has 0 unspecified atom stereocenters. The summed E-state index contributed by atoms with van der Waals surface area (Å²) in [4.78, 5) is 36.8. The van der Waals surface area contributed by atoms with Gasteiger partial charge in [0.15, 0.2) is 11.4 Å². The number of hydrogen-bond donors (Lipinski definition) is 4. The molecular formula is C26H27N3O4S. The van der Waals surface area contributed by atoms with Crippen molar-refractivity contribution < 1.29 is 19.1 Å². The van der Waals surface area contributed by atoms with E-state index in [4.69, 9.17) is 16.2 Å². The van der Waals surface area contributed by atoms with Crippen LogP contribution in [0.15, 0.2) is 84.9 Å². The first-order valence-electron chi connectivity index (χ1n) is 10.7. The zero-order chi connectivity index (χ0) is 24.6. The van der Waals surface area contributed by atoms with Crippen LogP contribution < -0.4 is 16.8 Å². The molecule has 0 radical (unpaired) electrons. The number of carbonyl (C=O) groups is 3. The van der Waals surface area contributed by atoms with Crippen LogP contribution >= 0.6 is 12.6 Å². The summed E-state index contributed by atoms with van der Waals surface area (Å²) in [6, 6.07) is 24.5. The molecule has 176 valence electrons. The minimum Gasteiger partial charge on any atom is -0.443 e. The van der Waals surface area contributed by atoms with Crippen molar-refractivity contribution in [1.29, 1.82) is 0 Å². The first kappa shape index (κ1) is 25.2. The molecule has 0 fully saturated rings. The van der Waals surface area contributed by atoms with Crippen LogP contribution in [-0.2, 0) is 19.9 Å². The van der Waals surface area contributed by atoms with Crippen LogP contribution in [-0.4, -0.2) is 42.5 Å². The Bertz CT molecular complexity index is 1080. The van der Waals surface area contributed by atoms with Crippen LogP contribution in [0.2, 0.25) is 0 Å². The van der Waals surface area contributed by atoms with Crippen molar-refractivity contribution in [3.63, 3.8) is 0 Å². The number of nitrogens with two attached hydrogens (primary N) is 2. The van der Waals surface area contributed by atoms with Crippen LogP contribution in [0.5, 0.6) is 0 Å². The highest BCUT2D eigenvalue weighted by Gasteiger charge is 2.41. The van der Waals surface area contributed by atoms with Crippen LogP contribution in [0.1, 0.15) is 27.0 Å². The van der Waals surface area contributed by atoms with E-state index in [1.165, 1.54) is 0 Å². The second-order valence-corrected chi connectivity index (χ2v) is 7.97. The summed E-state index contributed by atoms with van der Waals surface area (Å²) in [5.74, 6) is -1.16. The molecule has 0 aliphatic carbocycles. The Kier molecular flexibility index (Phi) is 8.59. The van der Waals surface area contributed by atoms with E-state index in [9.17, 15) is 14.4 Å². The molecule has 0 heterocycles. The molecule has 0 saturated heterocycles. The molecule has 1 atom stereocenters. The van der Waals surface area contributed by atoms with Gasteiger partial charge in [-0.05, 0) is 0 Å². The number of esters is 1. The Morgan fingerprint density at radius 1 is 0.853 bits per heavy atom. The van der Waals surface area contributed by atoms with E-state index < -0.39 is 23.5 Å². The van der Waals surface area contributed by atoms with E-state index in [-0.39, 0.29) is 24.6 Å². The fourth-order valence-electron chi connectivity index (χ4n) is 3.57. The van der Waals surface area contributed by atoms with Crippen molar-refractivity contribution in [3.05, 3.63) is 107 Å². The van der Waals surface area contributed by atoms with Gasteiger partial charge in [-0.25, -0.2) is 0 Å². The largest absolute Gasteiger partial charge is 0.443 e. The van der Waals surface area contributed by atoms with Gasteiger partial charge in [-0.2, -0.15) is 12.6 Å². The quantitative estimate of drug-likeness (QED) is 0.153. The summed E-state index contributed by atoms with van der Waals surface area (Å²) in [6.07, 6.45) is 0. The van der Waals surface area contributed by atoms with E-state index >= 15 is 0 Å². The van der Waals surface area contributed by atoms with Gasteiger partial charge in [0.2, 0.25) is 5.91 Å². The number of ketones is 1. The van der Waals surface area contributed by atoms with E-state index in [0.717, 1.165) is 11.1 Å². The smallest absolute Gasteiger partial charge is 0.325 e. The molecule has 0 aliphatic heterocycles. The molecule has 0 aliphatic rings. The van der Waals surface area contributed by atoms with Crippen molar-refractivity contribution in [1.82, 2.24) is 5.32 Å². The predicted molar refractivity (Wildman–Crippen MR) is 134 cm³/mol. The van der Waals surface area contributed by atoms with E-state index in [1.54, 1.807) is 24.3 Å². The van der Waals surface area contributed by atoms with Crippen molar-refractivity contribution in [2.75, 3.05) is 18.8 Å². The van der Waals surface area contributed by atoms with Gasteiger partial charge < -0.3 is 21.5 Å². The SMILES string of the molecule is NCC(=O)NCC(=O)c1ccc(C(OC(=O)[C@H](N)CS)(c2ccccc2)c2ccccc2)cc1. The third-order valence-electron chi connectivity index (χ3n) is 5.36. The summed E-state index contributed by atoms with van der Waals surface area (Å²) in [6.45, 7) is -0.355. The Labute approximate surface area is 203 Å². The molecule has 7 nitrogen and oxygen atoms in total. The lowest BCUT2D eigenvalue weighted by Crippen LogP contribution is -2.42. The third kappa shape index (κ3) is 5.53. The Morgan fingerprint density at radius 3 is 1.82 bits per heavy atom. The highest BCUT2D eigenvalue weighted by Crippen LogP contribution is 2.41. The van der Waals surface area contributed by atoms with Gasteiger partial charge >= 0.3 is 5.97 Å². The number of rotatable bonds is 10. The number of amides is 1. The molecule has 3 rings (SSSR count). The van der Waals surface area contributed by atoms with Gasteiger partial charge in [-0.3, -0.25) is 14.4 Å². The van der Waals surface area contributed by atoms with Crippen LogP contribution in [0.25, 0.3) is 0 Å². The van der Waals surface area contributed by atoms with E-state index in [1.807, 2.05) is 60.7 Å². The molecular weight excluding hydrogens is 450 g/mol. The standard InChI is InChI=1S/C26H27N3O4S/c27-15-24(31)29-16-23(30)18-11-13-21(14-12-18)26(19-7-3-1-4-8-19,20-9-5-2-6-10-20)33-25(32)22(28)17-34/h1-14,22,34H,15-17,27-28H2,(H,29,31)/t22-/m1/s1. The number of thiol groups is 1. The molecule has 0 saturated carbocycles. The second-order valence-electron chi connectivity index (χ2n) is 7.60. The maximum absolute atomic E-state index is 13.0. The van der Waals surface area contributed by atoms with Crippen molar-refractivity contribution in [3.8, 4) is 0 Å². The van der Waals surface area contributed by atoms with E-state index in [0.29, 0.717) is 11.1 Å². The average molecular weight is 478 g/mol. The van der Waals surface area contributed by atoms with Crippen molar-refractivity contribution >= 4 is 30.3 Å². The topological polar surface area (TPSA) is 125 Å². The van der Waals surface area contributed by atoms with Gasteiger partial charge in [0.25, 0.3) is 0 Å². The summed E-state index contributed by atoms with van der Waals surface area (Å²) >= 11 is 4.14. The molecule has 0 aromatic heterocycles. The molecule has 34 heavy (non-hydrogen) atoms. The highest BCUT2D eigenvalue weighted by molar-refractivity contribution is 7.80. The third-order valence-corrected chi connectivity index (χ3v) is 5.75. The fourth-order valence-corrected chi connectivity index (χ4v) is 3.72. The Hall–Kier alpha value is -3.46. The number of carbonyl (C=O) groups excluding carboxylic acids is 3. The Morgan fingerprint density at radius 2 is 1.35 bits per heavy atom. The lowest BCUT2D eigenvalue weighted by molar-refractivity contribution is -0.154. The lowest BCUT2D eigenvalue weighted by atomic mass is 9.79. The van der Waals surface area contributed by atoms with Gasteiger partial charge in [-0.1, -0.05) is 84.9 Å². The van der Waals surface area contributed by atoms with E-state index in [2.05, 4.69) is 17.9 Å². The maximum Gasteiger partial charge on any atom is 0.325 e. The maximum atomic E-state index is 13.0. The molecule has 3 aromatic carbocycles. The molecule has 8 heteroatoms. The van der Waals surface area contributed by atoms with Crippen LogP contribution in [0, 0.1) is 0 Å². The molecule has 5 N–H and O–H groups in total. The van der Waals surface area contributed by atoms with Crippen LogP contribution in [0.4, 0.5) is 0 Å². The number of nitrogens with one attached hydrogen (secondary N) is 1. The fraction of sp³-hybridized carbons (Fsp3) is 0.192. The minimum atomic E-state index is -1.31. The molecule has 0 bridgehead atoms. The number of Topliss-reactive ketones (excluding diaryl/α,β-unsaturated/α-hetero) is 1. The molecule has 1 amide bonds. The van der Waals surface area contributed by atoms with Gasteiger partial charge in [0.05, 0.1) is 13.1 Å².